The standard InChI is InChI=1S/C24H22ClN3O4/c1-32-19-8-3-6-17(14-19)22(29)20-21(16-5-2-7-18(25)13-16)28(24(31)23(20)30)11-4-10-27-12-9-26-15-27/h2-3,5-9,12-15,21,29H,4,10-11H2,1H3/b22-20+/t21-/m0/s1. The molecule has 0 aliphatic carbocycles. The Morgan fingerprint density at radius 3 is 2.69 bits per heavy atom. The van der Waals surface area contributed by atoms with Crippen molar-refractivity contribution in [2.24, 2.45) is 0 Å². The number of benzene rings is 2. The normalized spacial score (nSPS) is 17.7. The summed E-state index contributed by atoms with van der Waals surface area (Å²) in [7, 11) is 1.52. The van der Waals surface area contributed by atoms with Gasteiger partial charge in [-0.2, -0.15) is 0 Å². The third-order valence-corrected chi connectivity index (χ3v) is 5.66. The largest absolute Gasteiger partial charge is 0.507 e. The Bertz CT molecular complexity index is 1170. The quantitative estimate of drug-likeness (QED) is 0.332. The molecule has 0 bridgehead atoms. The average Bonchev–Trinajstić information content (AvgIpc) is 3.41. The van der Waals surface area contributed by atoms with Crippen molar-refractivity contribution < 1.29 is 19.4 Å². The molecule has 1 saturated heterocycles. The van der Waals surface area contributed by atoms with E-state index in [0.29, 0.717) is 41.4 Å². The lowest BCUT2D eigenvalue weighted by Crippen LogP contribution is -2.31. The number of aliphatic hydroxyl groups excluding tert-OH is 1. The van der Waals surface area contributed by atoms with Crippen molar-refractivity contribution in [2.75, 3.05) is 13.7 Å². The lowest BCUT2D eigenvalue weighted by atomic mass is 9.95. The summed E-state index contributed by atoms with van der Waals surface area (Å²) in [5.41, 5.74) is 1.09. The number of carbonyl (C=O) groups is 2. The van der Waals surface area contributed by atoms with E-state index in [9.17, 15) is 14.7 Å². The Hall–Kier alpha value is -3.58. The van der Waals surface area contributed by atoms with Crippen LogP contribution >= 0.6 is 11.6 Å². The van der Waals surface area contributed by atoms with Crippen molar-refractivity contribution in [3.63, 3.8) is 0 Å². The van der Waals surface area contributed by atoms with Gasteiger partial charge in [0.05, 0.1) is 25.1 Å². The highest BCUT2D eigenvalue weighted by Crippen LogP contribution is 2.40. The number of nitrogens with zero attached hydrogens (tertiary/aromatic N) is 3. The number of aromatic nitrogens is 2. The summed E-state index contributed by atoms with van der Waals surface area (Å²) in [6.07, 6.45) is 5.84. The molecule has 2 aromatic carbocycles. The van der Waals surface area contributed by atoms with Gasteiger partial charge < -0.3 is 19.3 Å². The summed E-state index contributed by atoms with van der Waals surface area (Å²) >= 11 is 6.21. The Balaban J connectivity index is 1.75. The summed E-state index contributed by atoms with van der Waals surface area (Å²) in [6.45, 7) is 0.968. The molecule has 7 nitrogen and oxygen atoms in total. The van der Waals surface area contributed by atoms with Crippen LogP contribution < -0.4 is 4.74 Å². The van der Waals surface area contributed by atoms with Gasteiger partial charge in [-0.15, -0.1) is 0 Å². The third kappa shape index (κ3) is 4.24. The van der Waals surface area contributed by atoms with Gasteiger partial charge in [-0.3, -0.25) is 9.59 Å². The van der Waals surface area contributed by atoms with Gasteiger partial charge in [-0.1, -0.05) is 35.9 Å². The maximum atomic E-state index is 13.1. The second kappa shape index (κ2) is 9.28. The van der Waals surface area contributed by atoms with Crippen molar-refractivity contribution in [1.29, 1.82) is 0 Å². The van der Waals surface area contributed by atoms with Gasteiger partial charge in [0, 0.05) is 36.1 Å². The number of hydrogen-bond acceptors (Lipinski definition) is 5. The van der Waals surface area contributed by atoms with E-state index in [0.717, 1.165) is 0 Å². The van der Waals surface area contributed by atoms with Crippen LogP contribution in [0.3, 0.4) is 0 Å². The van der Waals surface area contributed by atoms with Crippen LogP contribution in [0, 0.1) is 0 Å². The highest BCUT2D eigenvalue weighted by molar-refractivity contribution is 6.46. The molecule has 1 atom stereocenters. The zero-order valence-electron chi connectivity index (χ0n) is 17.4. The molecule has 0 radical (unpaired) electrons. The smallest absolute Gasteiger partial charge is 0.295 e. The molecule has 8 heteroatoms. The van der Waals surface area contributed by atoms with Gasteiger partial charge in [0.15, 0.2) is 0 Å². The van der Waals surface area contributed by atoms with Crippen LogP contribution in [0.2, 0.25) is 5.02 Å². The second-order valence-corrected chi connectivity index (χ2v) is 7.87. The van der Waals surface area contributed by atoms with E-state index in [1.165, 1.54) is 12.0 Å². The monoisotopic (exact) mass is 451 g/mol. The maximum Gasteiger partial charge on any atom is 0.295 e. The molecule has 32 heavy (non-hydrogen) atoms. The van der Waals surface area contributed by atoms with E-state index < -0.39 is 17.7 Å². The number of ketones is 1. The van der Waals surface area contributed by atoms with Crippen LogP contribution in [0.25, 0.3) is 5.76 Å². The molecule has 164 valence electrons. The summed E-state index contributed by atoms with van der Waals surface area (Å²) in [4.78, 5) is 31.6. The number of hydrogen-bond donors (Lipinski definition) is 1. The van der Waals surface area contributed by atoms with Crippen LogP contribution in [0.15, 0.2) is 72.8 Å². The molecule has 3 aromatic rings. The van der Waals surface area contributed by atoms with Crippen molar-refractivity contribution in [3.8, 4) is 5.75 Å². The number of carbonyl (C=O) groups excluding carboxylic acids is 2. The number of methoxy groups -OCH3 is 1. The van der Waals surface area contributed by atoms with Gasteiger partial charge in [0.1, 0.15) is 11.5 Å². The number of imidazole rings is 1. The van der Waals surface area contributed by atoms with Gasteiger partial charge >= 0.3 is 0 Å². The molecular weight excluding hydrogens is 430 g/mol. The summed E-state index contributed by atoms with van der Waals surface area (Å²) in [6, 6.07) is 13.0. The molecule has 1 aliphatic rings. The first-order valence-corrected chi connectivity index (χ1v) is 10.5. The molecule has 1 N–H and O–H groups in total. The minimum absolute atomic E-state index is 0.0353. The van der Waals surface area contributed by atoms with Gasteiger partial charge in [-0.25, -0.2) is 4.98 Å². The zero-order chi connectivity index (χ0) is 22.7. The first-order chi connectivity index (χ1) is 15.5. The summed E-state index contributed by atoms with van der Waals surface area (Å²) in [5, 5.41) is 11.6. The second-order valence-electron chi connectivity index (χ2n) is 7.43. The predicted molar refractivity (Wildman–Crippen MR) is 120 cm³/mol. The molecule has 0 unspecified atom stereocenters. The van der Waals surface area contributed by atoms with Gasteiger partial charge in [0.2, 0.25) is 0 Å². The van der Waals surface area contributed by atoms with Gasteiger partial charge in [-0.05, 0) is 36.2 Å². The molecule has 0 saturated carbocycles. The number of Topliss-reactive ketones (excluding diaryl/α,β-unsaturated/α-hetero) is 1. The fourth-order valence-corrected chi connectivity index (χ4v) is 4.10. The fraction of sp³-hybridized carbons (Fsp3) is 0.208. The fourth-order valence-electron chi connectivity index (χ4n) is 3.90. The SMILES string of the molecule is COc1cccc(/C(O)=C2\C(=O)C(=O)N(CCCn3ccnc3)[C@H]2c2cccc(Cl)c2)c1. The summed E-state index contributed by atoms with van der Waals surface area (Å²) < 4.78 is 7.14. The Kier molecular flexibility index (Phi) is 6.28. The molecule has 4 rings (SSSR count). The highest BCUT2D eigenvalue weighted by atomic mass is 35.5. The number of rotatable bonds is 7. The van der Waals surface area contributed by atoms with E-state index in [2.05, 4.69) is 4.98 Å². The average molecular weight is 452 g/mol. The minimum Gasteiger partial charge on any atom is -0.507 e. The van der Waals surface area contributed by atoms with Crippen molar-refractivity contribution >= 4 is 29.1 Å². The van der Waals surface area contributed by atoms with Crippen LogP contribution in [-0.2, 0) is 16.1 Å². The molecule has 1 amide bonds. The number of amides is 1. The van der Waals surface area contributed by atoms with Crippen LogP contribution in [0.4, 0.5) is 0 Å². The van der Waals surface area contributed by atoms with E-state index >= 15 is 0 Å². The van der Waals surface area contributed by atoms with Crippen LogP contribution in [0.5, 0.6) is 5.75 Å². The number of aryl methyl sites for hydroxylation is 1. The minimum atomic E-state index is -0.748. The zero-order valence-corrected chi connectivity index (χ0v) is 18.2. The molecule has 1 aromatic heterocycles. The van der Waals surface area contributed by atoms with Crippen molar-refractivity contribution in [3.05, 3.63) is 89.0 Å². The van der Waals surface area contributed by atoms with Crippen molar-refractivity contribution in [1.82, 2.24) is 14.5 Å². The van der Waals surface area contributed by atoms with Gasteiger partial charge in [0.25, 0.3) is 11.7 Å². The lowest BCUT2D eigenvalue weighted by molar-refractivity contribution is -0.139. The Labute approximate surface area is 190 Å². The maximum absolute atomic E-state index is 13.1. The van der Waals surface area contributed by atoms with E-state index in [1.54, 1.807) is 61.1 Å². The number of likely N-dealkylation sites (tertiary alicyclic amines) is 1. The van der Waals surface area contributed by atoms with Crippen LogP contribution in [-0.4, -0.2) is 44.9 Å². The summed E-state index contributed by atoms with van der Waals surface area (Å²) in [5.74, 6) is -1.09. The first kappa shape index (κ1) is 21.6. The Morgan fingerprint density at radius 1 is 1.16 bits per heavy atom. The predicted octanol–water partition coefficient (Wildman–Crippen LogP) is 4.06. The molecule has 2 heterocycles. The number of aliphatic hydroxyl groups is 1. The highest BCUT2D eigenvalue weighted by Gasteiger charge is 2.45. The number of halogens is 1. The van der Waals surface area contributed by atoms with E-state index in [1.807, 2.05) is 10.8 Å². The molecule has 1 fully saturated rings. The van der Waals surface area contributed by atoms with Crippen molar-refractivity contribution in [2.45, 2.75) is 19.0 Å². The third-order valence-electron chi connectivity index (χ3n) is 5.42. The topological polar surface area (TPSA) is 84.7 Å². The molecular formula is C24H22ClN3O4. The van der Waals surface area contributed by atoms with E-state index in [4.69, 9.17) is 16.3 Å². The molecule has 0 spiro atoms. The van der Waals surface area contributed by atoms with E-state index in [-0.39, 0.29) is 11.3 Å². The molecule has 1 aliphatic heterocycles. The first-order valence-electron chi connectivity index (χ1n) is 10.1. The Morgan fingerprint density at radius 2 is 1.97 bits per heavy atom. The lowest BCUT2D eigenvalue weighted by Gasteiger charge is -2.25. The number of ether oxygens (including phenoxy) is 1. The van der Waals surface area contributed by atoms with Crippen LogP contribution in [0.1, 0.15) is 23.6 Å².